The van der Waals surface area contributed by atoms with Gasteiger partial charge in [0.1, 0.15) is 11.5 Å². The van der Waals surface area contributed by atoms with Crippen LogP contribution in [-0.4, -0.2) is 16.4 Å². The molecule has 0 aliphatic heterocycles. The van der Waals surface area contributed by atoms with Crippen LogP contribution in [0.5, 0.6) is 0 Å². The molecule has 2 heterocycles. The Morgan fingerprint density at radius 3 is 2.59 bits per heavy atom. The highest BCUT2D eigenvalue weighted by atomic mass is 15.1. The van der Waals surface area contributed by atoms with Gasteiger partial charge in [0.05, 0.1) is 11.9 Å². The van der Waals surface area contributed by atoms with Gasteiger partial charge < -0.3 is 5.32 Å². The monoisotopic (exact) mass is 223 g/mol. The summed E-state index contributed by atoms with van der Waals surface area (Å²) in [6, 6.07) is 16.5. The van der Waals surface area contributed by atoms with Gasteiger partial charge in [-0.15, -0.1) is 0 Å². The van der Waals surface area contributed by atoms with Crippen LogP contribution >= 0.6 is 0 Å². The topological polar surface area (TPSA) is 29.3 Å². The molecular formula is C14H13N3. The fraction of sp³-hybridized carbons (Fsp3) is 0.0714. The number of nitrogens with zero attached hydrogens (tertiary/aromatic N) is 2. The molecule has 0 radical (unpaired) electrons. The Kier molecular flexibility index (Phi) is 2.29. The van der Waals surface area contributed by atoms with Gasteiger partial charge in [-0.05, 0) is 17.7 Å². The second-order valence-corrected chi connectivity index (χ2v) is 3.88. The number of fused-ring (bicyclic) bond motifs is 1. The lowest BCUT2D eigenvalue weighted by Gasteiger charge is -2.04. The van der Waals surface area contributed by atoms with E-state index < -0.39 is 0 Å². The van der Waals surface area contributed by atoms with Gasteiger partial charge in [0, 0.05) is 7.05 Å². The van der Waals surface area contributed by atoms with Crippen LogP contribution in [-0.2, 0) is 0 Å². The number of nitrogens with one attached hydrogen (secondary N) is 1. The summed E-state index contributed by atoms with van der Waals surface area (Å²) >= 11 is 0. The molecule has 0 saturated carbocycles. The molecule has 0 bridgehead atoms. The maximum atomic E-state index is 4.47. The van der Waals surface area contributed by atoms with Gasteiger partial charge in [-0.25, -0.2) is 4.98 Å². The highest BCUT2D eigenvalue weighted by Crippen LogP contribution is 2.21. The number of benzene rings is 1. The number of imidazole rings is 1. The van der Waals surface area contributed by atoms with Crippen molar-refractivity contribution in [3.63, 3.8) is 0 Å². The van der Waals surface area contributed by atoms with E-state index in [0.29, 0.717) is 0 Å². The lowest BCUT2D eigenvalue weighted by molar-refractivity contribution is 1.19. The summed E-state index contributed by atoms with van der Waals surface area (Å²) in [7, 11) is 1.88. The van der Waals surface area contributed by atoms with Crippen molar-refractivity contribution in [2.45, 2.75) is 0 Å². The molecule has 1 N–H and O–H groups in total. The van der Waals surface area contributed by atoms with Crippen LogP contribution in [0.25, 0.3) is 16.9 Å². The van der Waals surface area contributed by atoms with Crippen LogP contribution in [0, 0.1) is 0 Å². The average Bonchev–Trinajstić information content (AvgIpc) is 2.82. The van der Waals surface area contributed by atoms with Crippen LogP contribution in [0.4, 0.5) is 5.82 Å². The summed E-state index contributed by atoms with van der Waals surface area (Å²) in [4.78, 5) is 4.47. The third-order valence-electron chi connectivity index (χ3n) is 2.82. The molecule has 3 aromatic rings. The SMILES string of the molecule is CNc1cn2c(-c3ccccc3)cccc2n1. The van der Waals surface area contributed by atoms with E-state index in [4.69, 9.17) is 0 Å². The van der Waals surface area contributed by atoms with Crippen molar-refractivity contribution in [2.75, 3.05) is 12.4 Å². The van der Waals surface area contributed by atoms with Crippen molar-refractivity contribution in [3.05, 3.63) is 54.7 Å². The quantitative estimate of drug-likeness (QED) is 0.723. The number of hydrogen-bond donors (Lipinski definition) is 1. The fourth-order valence-electron chi connectivity index (χ4n) is 1.98. The normalized spacial score (nSPS) is 10.6. The van der Waals surface area contributed by atoms with E-state index in [1.54, 1.807) is 0 Å². The molecule has 2 aromatic heterocycles. The maximum absolute atomic E-state index is 4.47. The number of aromatic nitrogens is 2. The second kappa shape index (κ2) is 3.94. The Morgan fingerprint density at radius 1 is 1.00 bits per heavy atom. The highest BCUT2D eigenvalue weighted by Gasteiger charge is 2.05. The first-order valence-electron chi connectivity index (χ1n) is 5.60. The molecule has 0 amide bonds. The van der Waals surface area contributed by atoms with E-state index in [1.165, 1.54) is 5.56 Å². The van der Waals surface area contributed by atoms with Gasteiger partial charge in [-0.3, -0.25) is 4.40 Å². The van der Waals surface area contributed by atoms with Crippen molar-refractivity contribution in [1.29, 1.82) is 0 Å². The summed E-state index contributed by atoms with van der Waals surface area (Å²) in [6.07, 6.45) is 2.01. The third-order valence-corrected chi connectivity index (χ3v) is 2.82. The van der Waals surface area contributed by atoms with E-state index in [-0.39, 0.29) is 0 Å². The molecule has 84 valence electrons. The zero-order valence-electron chi connectivity index (χ0n) is 9.59. The summed E-state index contributed by atoms with van der Waals surface area (Å²) in [6.45, 7) is 0. The molecule has 0 unspecified atom stereocenters. The van der Waals surface area contributed by atoms with Crippen molar-refractivity contribution in [3.8, 4) is 11.3 Å². The number of hydrogen-bond acceptors (Lipinski definition) is 2. The van der Waals surface area contributed by atoms with Crippen LogP contribution < -0.4 is 5.32 Å². The molecule has 0 saturated heterocycles. The first-order valence-corrected chi connectivity index (χ1v) is 5.60. The van der Waals surface area contributed by atoms with E-state index in [2.05, 4.69) is 32.9 Å². The molecule has 17 heavy (non-hydrogen) atoms. The molecule has 0 aliphatic carbocycles. The summed E-state index contributed by atoms with van der Waals surface area (Å²) in [5.41, 5.74) is 3.30. The van der Waals surface area contributed by atoms with Gasteiger partial charge in [0.2, 0.25) is 0 Å². The largest absolute Gasteiger partial charge is 0.372 e. The molecule has 1 aromatic carbocycles. The van der Waals surface area contributed by atoms with Crippen molar-refractivity contribution in [1.82, 2.24) is 9.38 Å². The first-order chi connectivity index (χ1) is 8.38. The number of pyridine rings is 1. The first kappa shape index (κ1) is 9.90. The fourth-order valence-corrected chi connectivity index (χ4v) is 1.98. The predicted molar refractivity (Wildman–Crippen MR) is 70.2 cm³/mol. The van der Waals surface area contributed by atoms with Crippen LogP contribution in [0.1, 0.15) is 0 Å². The Hall–Kier alpha value is -2.29. The summed E-state index contributed by atoms with van der Waals surface area (Å²) in [5.74, 6) is 0.883. The van der Waals surface area contributed by atoms with Gasteiger partial charge in [-0.2, -0.15) is 0 Å². The van der Waals surface area contributed by atoms with Crippen molar-refractivity contribution < 1.29 is 0 Å². The number of rotatable bonds is 2. The van der Waals surface area contributed by atoms with E-state index in [9.17, 15) is 0 Å². The van der Waals surface area contributed by atoms with Crippen LogP contribution in [0.2, 0.25) is 0 Å². The van der Waals surface area contributed by atoms with Gasteiger partial charge >= 0.3 is 0 Å². The van der Waals surface area contributed by atoms with Crippen molar-refractivity contribution >= 4 is 11.5 Å². The second-order valence-electron chi connectivity index (χ2n) is 3.88. The zero-order chi connectivity index (χ0) is 11.7. The minimum atomic E-state index is 0.883. The Labute approximate surface area is 99.7 Å². The molecule has 3 nitrogen and oxygen atoms in total. The van der Waals surface area contributed by atoms with Gasteiger partial charge in [0.25, 0.3) is 0 Å². The lowest BCUT2D eigenvalue weighted by atomic mass is 10.1. The molecule has 0 aliphatic rings. The summed E-state index contributed by atoms with van der Waals surface area (Å²) in [5, 5.41) is 3.06. The van der Waals surface area contributed by atoms with Crippen LogP contribution in [0.3, 0.4) is 0 Å². The zero-order valence-corrected chi connectivity index (χ0v) is 9.59. The third kappa shape index (κ3) is 1.65. The molecular weight excluding hydrogens is 210 g/mol. The molecule has 3 rings (SSSR count). The molecule has 3 heteroatoms. The molecule has 0 atom stereocenters. The van der Waals surface area contributed by atoms with Crippen molar-refractivity contribution in [2.24, 2.45) is 0 Å². The van der Waals surface area contributed by atoms with Gasteiger partial charge in [0.15, 0.2) is 0 Å². The van der Waals surface area contributed by atoms with Crippen LogP contribution in [0.15, 0.2) is 54.7 Å². The smallest absolute Gasteiger partial charge is 0.145 e. The Bertz CT molecular complexity index is 641. The predicted octanol–water partition coefficient (Wildman–Crippen LogP) is 3.04. The lowest BCUT2D eigenvalue weighted by Crippen LogP contribution is -1.89. The number of anilines is 1. The van der Waals surface area contributed by atoms with E-state index in [1.807, 2.05) is 43.6 Å². The highest BCUT2D eigenvalue weighted by molar-refractivity contribution is 5.65. The van der Waals surface area contributed by atoms with Gasteiger partial charge in [-0.1, -0.05) is 36.4 Å². The minimum absolute atomic E-state index is 0.883. The Morgan fingerprint density at radius 2 is 1.82 bits per heavy atom. The summed E-state index contributed by atoms with van der Waals surface area (Å²) < 4.78 is 2.10. The minimum Gasteiger partial charge on any atom is -0.372 e. The molecule has 0 spiro atoms. The maximum Gasteiger partial charge on any atom is 0.145 e. The standard InChI is InChI=1S/C14H13N3/c1-15-13-10-17-12(8-5-9-14(17)16-13)11-6-3-2-4-7-11/h2-10,15H,1H3. The Balaban J connectivity index is 2.26. The molecule has 0 fully saturated rings. The average molecular weight is 223 g/mol. The van der Waals surface area contributed by atoms with E-state index in [0.717, 1.165) is 17.2 Å². The van der Waals surface area contributed by atoms with E-state index >= 15 is 0 Å².